The quantitative estimate of drug-likeness (QED) is 0.738. The predicted molar refractivity (Wildman–Crippen MR) is 53.4 cm³/mol. The van der Waals surface area contributed by atoms with Gasteiger partial charge in [0.1, 0.15) is 12.1 Å². The molecule has 72 valence electrons. The number of hydrogen-bond acceptors (Lipinski definition) is 4. The Hall–Kier alpha value is -1.91. The first-order chi connectivity index (χ1) is 6.83. The molecule has 5 heteroatoms. The summed E-state index contributed by atoms with van der Waals surface area (Å²) in [6.07, 6.45) is 4.03. The second-order valence-electron chi connectivity index (χ2n) is 2.91. The van der Waals surface area contributed by atoms with E-state index in [0.717, 1.165) is 23.4 Å². The number of anilines is 1. The highest BCUT2D eigenvalue weighted by Crippen LogP contribution is 2.22. The van der Waals surface area contributed by atoms with Gasteiger partial charge in [-0.15, -0.1) is 0 Å². The topological polar surface area (TPSA) is 80.5 Å². The van der Waals surface area contributed by atoms with Crippen molar-refractivity contribution in [3.05, 3.63) is 24.2 Å². The molecule has 0 bridgehead atoms. The third kappa shape index (κ3) is 1.32. The van der Waals surface area contributed by atoms with Crippen LogP contribution >= 0.6 is 0 Å². The van der Waals surface area contributed by atoms with Gasteiger partial charge in [-0.3, -0.25) is 5.10 Å². The van der Waals surface area contributed by atoms with Crippen molar-refractivity contribution < 1.29 is 0 Å². The van der Waals surface area contributed by atoms with Crippen molar-refractivity contribution >= 4 is 5.82 Å². The average molecular weight is 189 g/mol. The largest absolute Gasteiger partial charge is 0.382 e. The van der Waals surface area contributed by atoms with Gasteiger partial charge in [-0.25, -0.2) is 9.97 Å². The van der Waals surface area contributed by atoms with Crippen molar-refractivity contribution in [2.45, 2.75) is 13.3 Å². The zero-order valence-electron chi connectivity index (χ0n) is 7.86. The molecular formula is C9H11N5. The minimum Gasteiger partial charge on any atom is -0.382 e. The van der Waals surface area contributed by atoms with Crippen molar-refractivity contribution in [3.8, 4) is 11.4 Å². The standard InChI is InChI=1S/C9H11N5/c1-2-6-8(13-14-9(6)10)7-3-4-11-5-12-7/h3-5H,2H2,1H3,(H3,10,13,14). The van der Waals surface area contributed by atoms with E-state index in [1.165, 1.54) is 6.33 Å². The smallest absolute Gasteiger partial charge is 0.149 e. The average Bonchev–Trinajstić information content (AvgIpc) is 2.61. The Labute approximate surface area is 81.4 Å². The fourth-order valence-electron chi connectivity index (χ4n) is 1.39. The summed E-state index contributed by atoms with van der Waals surface area (Å²) in [5, 5.41) is 6.83. The summed E-state index contributed by atoms with van der Waals surface area (Å²) in [5.74, 6) is 0.543. The molecule has 0 atom stereocenters. The lowest BCUT2D eigenvalue weighted by Crippen LogP contribution is -1.92. The van der Waals surface area contributed by atoms with Gasteiger partial charge >= 0.3 is 0 Å². The molecular weight excluding hydrogens is 178 g/mol. The van der Waals surface area contributed by atoms with Crippen LogP contribution in [0.3, 0.4) is 0 Å². The molecule has 0 unspecified atom stereocenters. The summed E-state index contributed by atoms with van der Waals surface area (Å²) in [7, 11) is 0. The first-order valence-corrected chi connectivity index (χ1v) is 4.42. The van der Waals surface area contributed by atoms with Gasteiger partial charge in [-0.1, -0.05) is 6.92 Å². The van der Waals surface area contributed by atoms with Gasteiger partial charge in [-0.05, 0) is 12.5 Å². The molecule has 2 heterocycles. The van der Waals surface area contributed by atoms with E-state index >= 15 is 0 Å². The zero-order valence-corrected chi connectivity index (χ0v) is 7.86. The van der Waals surface area contributed by atoms with Crippen LogP contribution in [0, 0.1) is 0 Å². The van der Waals surface area contributed by atoms with Gasteiger partial charge in [-0.2, -0.15) is 5.10 Å². The van der Waals surface area contributed by atoms with Gasteiger partial charge in [0, 0.05) is 11.8 Å². The number of nitrogens with two attached hydrogens (primary N) is 1. The van der Waals surface area contributed by atoms with E-state index in [-0.39, 0.29) is 0 Å². The Balaban J connectivity index is 2.52. The van der Waals surface area contributed by atoms with E-state index in [2.05, 4.69) is 20.2 Å². The van der Waals surface area contributed by atoms with E-state index < -0.39 is 0 Å². The summed E-state index contributed by atoms with van der Waals surface area (Å²) in [4.78, 5) is 7.99. The predicted octanol–water partition coefficient (Wildman–Crippen LogP) is 1.01. The fraction of sp³-hybridized carbons (Fsp3) is 0.222. The molecule has 0 saturated carbocycles. The zero-order chi connectivity index (χ0) is 9.97. The lowest BCUT2D eigenvalue weighted by molar-refractivity contribution is 1.08. The van der Waals surface area contributed by atoms with E-state index in [0.29, 0.717) is 5.82 Å². The van der Waals surface area contributed by atoms with Crippen LogP contribution in [0.4, 0.5) is 5.82 Å². The molecule has 0 amide bonds. The summed E-state index contributed by atoms with van der Waals surface area (Å²) in [6, 6.07) is 1.83. The molecule has 0 fully saturated rings. The number of aromatic nitrogens is 4. The van der Waals surface area contributed by atoms with E-state index in [1.54, 1.807) is 6.20 Å². The van der Waals surface area contributed by atoms with E-state index in [9.17, 15) is 0 Å². The Morgan fingerprint density at radius 3 is 3.00 bits per heavy atom. The highest BCUT2D eigenvalue weighted by Gasteiger charge is 2.10. The molecule has 5 nitrogen and oxygen atoms in total. The minimum absolute atomic E-state index is 0.543. The molecule has 14 heavy (non-hydrogen) atoms. The molecule has 2 aromatic rings. The van der Waals surface area contributed by atoms with Crippen molar-refractivity contribution in [3.63, 3.8) is 0 Å². The number of nitrogen functional groups attached to an aromatic ring is 1. The maximum atomic E-state index is 5.70. The molecule has 0 aliphatic carbocycles. The molecule has 3 N–H and O–H groups in total. The number of H-pyrrole nitrogens is 1. The van der Waals surface area contributed by atoms with Gasteiger partial charge in [0.2, 0.25) is 0 Å². The number of aromatic amines is 1. The van der Waals surface area contributed by atoms with Gasteiger partial charge in [0.25, 0.3) is 0 Å². The number of nitrogens with one attached hydrogen (secondary N) is 1. The van der Waals surface area contributed by atoms with Crippen LogP contribution in [0.2, 0.25) is 0 Å². The lowest BCUT2D eigenvalue weighted by atomic mass is 10.1. The molecule has 2 rings (SSSR count). The molecule has 0 aromatic carbocycles. The van der Waals surface area contributed by atoms with E-state index in [1.807, 2.05) is 13.0 Å². The Morgan fingerprint density at radius 1 is 1.50 bits per heavy atom. The lowest BCUT2D eigenvalue weighted by Gasteiger charge is -1.99. The number of hydrogen-bond donors (Lipinski definition) is 2. The molecule has 0 spiro atoms. The molecule has 0 aliphatic rings. The van der Waals surface area contributed by atoms with Crippen LogP contribution < -0.4 is 5.73 Å². The maximum absolute atomic E-state index is 5.70. The van der Waals surface area contributed by atoms with Crippen molar-refractivity contribution in [1.29, 1.82) is 0 Å². The Bertz CT molecular complexity index is 420. The summed E-state index contributed by atoms with van der Waals surface area (Å²) in [5.41, 5.74) is 8.41. The van der Waals surface area contributed by atoms with Crippen LogP contribution in [-0.4, -0.2) is 20.2 Å². The second-order valence-corrected chi connectivity index (χ2v) is 2.91. The number of nitrogens with zero attached hydrogens (tertiary/aromatic N) is 3. The van der Waals surface area contributed by atoms with Crippen molar-refractivity contribution in [2.75, 3.05) is 5.73 Å². The molecule has 2 aromatic heterocycles. The normalized spacial score (nSPS) is 10.4. The van der Waals surface area contributed by atoms with Gasteiger partial charge in [0.15, 0.2) is 0 Å². The molecule has 0 aliphatic heterocycles. The monoisotopic (exact) mass is 189 g/mol. The molecule has 0 saturated heterocycles. The van der Waals surface area contributed by atoms with Crippen LogP contribution in [0.5, 0.6) is 0 Å². The SMILES string of the molecule is CCc1c(N)n[nH]c1-c1ccncn1. The first kappa shape index (κ1) is 8.68. The first-order valence-electron chi connectivity index (χ1n) is 4.42. The maximum Gasteiger partial charge on any atom is 0.149 e. The van der Waals surface area contributed by atoms with Gasteiger partial charge < -0.3 is 5.73 Å². The highest BCUT2D eigenvalue weighted by atomic mass is 15.2. The molecule has 0 radical (unpaired) electrons. The van der Waals surface area contributed by atoms with Crippen molar-refractivity contribution in [1.82, 2.24) is 20.2 Å². The fourth-order valence-corrected chi connectivity index (χ4v) is 1.39. The number of rotatable bonds is 2. The summed E-state index contributed by atoms with van der Waals surface area (Å²) < 4.78 is 0. The summed E-state index contributed by atoms with van der Waals surface area (Å²) in [6.45, 7) is 2.03. The van der Waals surface area contributed by atoms with Crippen molar-refractivity contribution in [2.24, 2.45) is 0 Å². The Morgan fingerprint density at radius 2 is 2.36 bits per heavy atom. The van der Waals surface area contributed by atoms with Crippen LogP contribution in [0.25, 0.3) is 11.4 Å². The summed E-state index contributed by atoms with van der Waals surface area (Å²) >= 11 is 0. The van der Waals surface area contributed by atoms with Gasteiger partial charge in [0.05, 0.1) is 11.4 Å². The second kappa shape index (κ2) is 3.45. The van der Waals surface area contributed by atoms with Crippen LogP contribution in [-0.2, 0) is 6.42 Å². The third-order valence-electron chi connectivity index (χ3n) is 2.09. The minimum atomic E-state index is 0.543. The highest BCUT2D eigenvalue weighted by molar-refractivity contribution is 5.64. The van der Waals surface area contributed by atoms with E-state index in [4.69, 9.17) is 5.73 Å². The van der Waals surface area contributed by atoms with Crippen LogP contribution in [0.1, 0.15) is 12.5 Å². The third-order valence-corrected chi connectivity index (χ3v) is 2.09. The van der Waals surface area contributed by atoms with Crippen LogP contribution in [0.15, 0.2) is 18.6 Å². The Kier molecular flexibility index (Phi) is 2.14.